The molecule has 1 N–H and O–H groups in total. The Bertz CT molecular complexity index is 493. The molecule has 5 nitrogen and oxygen atoms in total. The molecule has 0 unspecified atom stereocenters. The molecule has 1 aromatic carbocycles. The van der Waals surface area contributed by atoms with Crippen LogP contribution >= 0.6 is 0 Å². The molecule has 1 fully saturated rings. The molecule has 1 aliphatic rings. The minimum Gasteiger partial charge on any atom is -0.349 e. The monoisotopic (exact) mass is 262 g/mol. The zero-order valence-electron chi connectivity index (χ0n) is 11.0. The third-order valence-electron chi connectivity index (χ3n) is 3.60. The smallest absolute Gasteiger partial charge is 0.272 e. The minimum atomic E-state index is -0.432. The summed E-state index contributed by atoms with van der Waals surface area (Å²) in [5.74, 6) is -0.134. The first kappa shape index (κ1) is 13.5. The first-order chi connectivity index (χ1) is 9.08. The Labute approximate surface area is 112 Å². The van der Waals surface area contributed by atoms with Crippen molar-refractivity contribution in [3.63, 3.8) is 0 Å². The van der Waals surface area contributed by atoms with E-state index in [0.717, 1.165) is 25.7 Å². The van der Waals surface area contributed by atoms with Crippen LogP contribution in [0.3, 0.4) is 0 Å². The lowest BCUT2D eigenvalue weighted by Crippen LogP contribution is -2.36. The highest BCUT2D eigenvalue weighted by atomic mass is 16.6. The highest BCUT2D eigenvalue weighted by molar-refractivity contribution is 5.94. The number of nitrogens with one attached hydrogen (secondary N) is 1. The van der Waals surface area contributed by atoms with Gasteiger partial charge in [0.2, 0.25) is 0 Å². The Kier molecular flexibility index (Phi) is 4.14. The van der Waals surface area contributed by atoms with E-state index in [0.29, 0.717) is 11.1 Å². The van der Waals surface area contributed by atoms with Gasteiger partial charge in [0.15, 0.2) is 0 Å². The van der Waals surface area contributed by atoms with Crippen LogP contribution in [-0.2, 0) is 0 Å². The molecule has 1 amide bonds. The minimum absolute atomic E-state index is 0.0502. The Balaban J connectivity index is 2.06. The van der Waals surface area contributed by atoms with E-state index < -0.39 is 4.92 Å². The number of hydrogen-bond acceptors (Lipinski definition) is 3. The van der Waals surface area contributed by atoms with Crippen LogP contribution in [0, 0.1) is 17.0 Å². The highest BCUT2D eigenvalue weighted by Crippen LogP contribution is 2.20. The van der Waals surface area contributed by atoms with E-state index in [9.17, 15) is 14.9 Å². The maximum atomic E-state index is 12.1. The van der Waals surface area contributed by atoms with Crippen molar-refractivity contribution >= 4 is 11.6 Å². The maximum absolute atomic E-state index is 12.1. The van der Waals surface area contributed by atoms with Gasteiger partial charge in [-0.15, -0.1) is 0 Å². The Morgan fingerprint density at radius 1 is 1.32 bits per heavy atom. The van der Waals surface area contributed by atoms with Crippen LogP contribution in [0.1, 0.15) is 48.0 Å². The predicted octanol–water partition coefficient (Wildman–Crippen LogP) is 2.97. The largest absolute Gasteiger partial charge is 0.349 e. The molecule has 19 heavy (non-hydrogen) atoms. The van der Waals surface area contributed by atoms with E-state index in [4.69, 9.17) is 0 Å². The molecule has 5 heteroatoms. The Morgan fingerprint density at radius 2 is 2.00 bits per heavy atom. The third-order valence-corrected chi connectivity index (χ3v) is 3.60. The van der Waals surface area contributed by atoms with Crippen molar-refractivity contribution < 1.29 is 9.72 Å². The Morgan fingerprint density at radius 3 is 2.58 bits per heavy atom. The van der Waals surface area contributed by atoms with Crippen molar-refractivity contribution in [2.24, 2.45) is 0 Å². The number of aryl methyl sites for hydroxylation is 1. The topological polar surface area (TPSA) is 72.2 Å². The summed E-state index contributed by atoms with van der Waals surface area (Å²) in [6, 6.07) is 4.74. The predicted molar refractivity (Wildman–Crippen MR) is 72.2 cm³/mol. The molecule has 0 aromatic heterocycles. The molecule has 1 aliphatic carbocycles. The summed E-state index contributed by atoms with van der Waals surface area (Å²) in [4.78, 5) is 22.4. The molecule has 0 radical (unpaired) electrons. The molecule has 0 heterocycles. The summed E-state index contributed by atoms with van der Waals surface area (Å²) in [5.41, 5.74) is 1.06. The van der Waals surface area contributed by atoms with E-state index in [1.807, 2.05) is 0 Å². The van der Waals surface area contributed by atoms with Gasteiger partial charge in [-0.2, -0.15) is 0 Å². The van der Waals surface area contributed by atoms with Crippen LogP contribution in [0.25, 0.3) is 0 Å². The van der Waals surface area contributed by atoms with Crippen LogP contribution in [-0.4, -0.2) is 16.9 Å². The van der Waals surface area contributed by atoms with Gasteiger partial charge in [0.25, 0.3) is 11.6 Å². The number of benzene rings is 1. The van der Waals surface area contributed by atoms with Gasteiger partial charge in [-0.3, -0.25) is 14.9 Å². The van der Waals surface area contributed by atoms with Gasteiger partial charge < -0.3 is 5.32 Å². The molecular weight excluding hydrogens is 244 g/mol. The molecule has 0 aliphatic heterocycles. The van der Waals surface area contributed by atoms with Gasteiger partial charge in [-0.05, 0) is 31.9 Å². The second-order valence-electron chi connectivity index (χ2n) is 5.07. The molecule has 0 saturated heterocycles. The van der Waals surface area contributed by atoms with E-state index in [1.54, 1.807) is 13.0 Å². The van der Waals surface area contributed by atoms with E-state index >= 15 is 0 Å². The molecular formula is C14H18N2O3. The van der Waals surface area contributed by atoms with Crippen LogP contribution < -0.4 is 5.32 Å². The van der Waals surface area contributed by atoms with Crippen molar-refractivity contribution in [1.29, 1.82) is 0 Å². The fraction of sp³-hybridized carbons (Fsp3) is 0.500. The summed E-state index contributed by atoms with van der Waals surface area (Å²) < 4.78 is 0. The summed E-state index contributed by atoms with van der Waals surface area (Å²) >= 11 is 0. The standard InChI is InChI=1S/C14H18N2O3/c1-10-9-11(7-8-13(10)16(18)19)14(17)15-12-5-3-2-4-6-12/h7-9,12H,2-6H2,1H3,(H,15,17). The highest BCUT2D eigenvalue weighted by Gasteiger charge is 2.18. The fourth-order valence-electron chi connectivity index (χ4n) is 2.52. The first-order valence-electron chi connectivity index (χ1n) is 6.64. The molecule has 0 bridgehead atoms. The van der Waals surface area contributed by atoms with Crippen LogP contribution in [0.4, 0.5) is 5.69 Å². The number of nitrogens with zero attached hydrogens (tertiary/aromatic N) is 1. The van der Waals surface area contributed by atoms with Gasteiger partial charge in [-0.1, -0.05) is 19.3 Å². The quantitative estimate of drug-likeness (QED) is 0.672. The van der Waals surface area contributed by atoms with E-state index in [1.165, 1.54) is 18.6 Å². The zero-order chi connectivity index (χ0) is 13.8. The lowest BCUT2D eigenvalue weighted by atomic mass is 9.95. The van der Waals surface area contributed by atoms with Crippen molar-refractivity contribution in [3.8, 4) is 0 Å². The zero-order valence-corrected chi connectivity index (χ0v) is 11.0. The Hall–Kier alpha value is -1.91. The van der Waals surface area contributed by atoms with Crippen molar-refractivity contribution in [3.05, 3.63) is 39.4 Å². The van der Waals surface area contributed by atoms with Gasteiger partial charge in [0.05, 0.1) is 4.92 Å². The summed E-state index contributed by atoms with van der Waals surface area (Å²) in [6.45, 7) is 1.65. The lowest BCUT2D eigenvalue weighted by Gasteiger charge is -2.22. The molecule has 0 spiro atoms. The number of nitro groups is 1. The summed E-state index contributed by atoms with van der Waals surface area (Å²) in [7, 11) is 0. The number of amides is 1. The SMILES string of the molecule is Cc1cc(C(=O)NC2CCCCC2)ccc1[N+](=O)[O-]. The fourth-order valence-corrected chi connectivity index (χ4v) is 2.52. The van der Waals surface area contributed by atoms with Crippen molar-refractivity contribution in [1.82, 2.24) is 5.32 Å². The summed E-state index contributed by atoms with van der Waals surface area (Å²) in [5, 5.41) is 13.7. The average molecular weight is 262 g/mol. The molecule has 2 rings (SSSR count). The van der Waals surface area contributed by atoms with Crippen LogP contribution in [0.2, 0.25) is 0 Å². The van der Waals surface area contributed by atoms with E-state index in [2.05, 4.69) is 5.32 Å². The molecule has 1 aromatic rings. The second-order valence-corrected chi connectivity index (χ2v) is 5.07. The van der Waals surface area contributed by atoms with Gasteiger partial charge in [0, 0.05) is 23.2 Å². The lowest BCUT2D eigenvalue weighted by molar-refractivity contribution is -0.385. The molecule has 1 saturated carbocycles. The number of carbonyl (C=O) groups excluding carboxylic acids is 1. The van der Waals surface area contributed by atoms with Gasteiger partial charge in [-0.25, -0.2) is 0 Å². The second kappa shape index (κ2) is 5.82. The first-order valence-corrected chi connectivity index (χ1v) is 6.64. The van der Waals surface area contributed by atoms with Crippen molar-refractivity contribution in [2.45, 2.75) is 45.1 Å². The molecule has 0 atom stereocenters. The number of nitro benzene ring substituents is 1. The number of carbonyl (C=O) groups is 1. The van der Waals surface area contributed by atoms with Gasteiger partial charge >= 0.3 is 0 Å². The van der Waals surface area contributed by atoms with Gasteiger partial charge in [0.1, 0.15) is 0 Å². The van der Waals surface area contributed by atoms with E-state index in [-0.39, 0.29) is 17.6 Å². The third kappa shape index (κ3) is 3.30. The van der Waals surface area contributed by atoms with Crippen molar-refractivity contribution in [2.75, 3.05) is 0 Å². The van der Waals surface area contributed by atoms with Crippen LogP contribution in [0.15, 0.2) is 18.2 Å². The maximum Gasteiger partial charge on any atom is 0.272 e. The van der Waals surface area contributed by atoms with Crippen LogP contribution in [0.5, 0.6) is 0 Å². The number of rotatable bonds is 3. The average Bonchev–Trinajstić information content (AvgIpc) is 2.39. The summed E-state index contributed by atoms with van der Waals surface area (Å²) in [6.07, 6.45) is 5.60. The normalized spacial score (nSPS) is 16.1. The molecule has 102 valence electrons. The number of hydrogen-bond donors (Lipinski definition) is 1.